The van der Waals surface area contributed by atoms with Crippen molar-refractivity contribution in [3.05, 3.63) is 53.7 Å². The first kappa shape index (κ1) is 15.4. The summed E-state index contributed by atoms with van der Waals surface area (Å²) in [4.78, 5) is 4.00. The molecule has 0 radical (unpaired) electrons. The van der Waals surface area contributed by atoms with Crippen molar-refractivity contribution in [1.82, 2.24) is 9.71 Å². The van der Waals surface area contributed by atoms with Gasteiger partial charge >= 0.3 is 0 Å². The molecule has 1 aromatic heterocycles. The van der Waals surface area contributed by atoms with Crippen molar-refractivity contribution in [2.24, 2.45) is 5.84 Å². The number of hydrogen-bond donors (Lipinski definition) is 3. The molecule has 112 valence electrons. The van der Waals surface area contributed by atoms with Gasteiger partial charge in [-0.15, -0.1) is 0 Å². The van der Waals surface area contributed by atoms with Gasteiger partial charge in [-0.05, 0) is 29.7 Å². The summed E-state index contributed by atoms with van der Waals surface area (Å²) in [5, 5.41) is 0. The summed E-state index contributed by atoms with van der Waals surface area (Å²) in [7, 11) is -3.59. The number of aryl methyl sites for hydroxylation is 1. The zero-order chi connectivity index (χ0) is 15.3. The van der Waals surface area contributed by atoms with E-state index in [1.807, 2.05) is 31.2 Å². The molecule has 21 heavy (non-hydrogen) atoms. The Kier molecular flexibility index (Phi) is 4.89. The first-order chi connectivity index (χ1) is 10.1. The van der Waals surface area contributed by atoms with Crippen LogP contribution in [0.1, 0.15) is 18.1 Å². The minimum atomic E-state index is -3.59. The Bertz CT molecular complexity index is 699. The van der Waals surface area contributed by atoms with Crippen LogP contribution in [0.2, 0.25) is 0 Å². The van der Waals surface area contributed by atoms with E-state index in [1.54, 1.807) is 0 Å². The van der Waals surface area contributed by atoms with E-state index in [2.05, 4.69) is 15.1 Å². The van der Waals surface area contributed by atoms with Crippen LogP contribution in [0.3, 0.4) is 0 Å². The number of rotatable bonds is 6. The fourth-order valence-corrected chi connectivity index (χ4v) is 2.91. The van der Waals surface area contributed by atoms with Gasteiger partial charge in [-0.3, -0.25) is 0 Å². The van der Waals surface area contributed by atoms with Crippen molar-refractivity contribution in [3.63, 3.8) is 0 Å². The Morgan fingerprint density at radius 1 is 1.14 bits per heavy atom. The van der Waals surface area contributed by atoms with Crippen LogP contribution >= 0.6 is 0 Å². The quantitative estimate of drug-likeness (QED) is 0.554. The van der Waals surface area contributed by atoms with Crippen molar-refractivity contribution in [3.8, 4) is 0 Å². The van der Waals surface area contributed by atoms with Crippen LogP contribution in [0.25, 0.3) is 0 Å². The molecule has 6 nitrogen and oxygen atoms in total. The number of sulfonamides is 1. The Morgan fingerprint density at radius 3 is 2.43 bits per heavy atom. The maximum absolute atomic E-state index is 12.2. The van der Waals surface area contributed by atoms with Crippen LogP contribution in [-0.4, -0.2) is 13.4 Å². The molecule has 0 saturated heterocycles. The maximum atomic E-state index is 12.2. The lowest BCUT2D eigenvalue weighted by Crippen LogP contribution is -2.24. The van der Waals surface area contributed by atoms with Crippen LogP contribution < -0.4 is 16.0 Å². The summed E-state index contributed by atoms with van der Waals surface area (Å²) in [6, 6.07) is 10.7. The number of pyridine rings is 1. The lowest BCUT2D eigenvalue weighted by Gasteiger charge is -2.10. The second-order valence-corrected chi connectivity index (χ2v) is 6.24. The van der Waals surface area contributed by atoms with Gasteiger partial charge in [0, 0.05) is 12.7 Å². The molecule has 0 bridgehead atoms. The Labute approximate surface area is 124 Å². The van der Waals surface area contributed by atoms with Crippen molar-refractivity contribution >= 4 is 15.8 Å². The molecular formula is C14H18N4O2S. The zero-order valence-corrected chi connectivity index (χ0v) is 12.5. The van der Waals surface area contributed by atoms with E-state index in [1.165, 1.54) is 18.3 Å². The fraction of sp³-hybridized carbons (Fsp3) is 0.214. The summed E-state index contributed by atoms with van der Waals surface area (Å²) in [5.41, 5.74) is 4.45. The highest BCUT2D eigenvalue weighted by molar-refractivity contribution is 7.89. The molecule has 0 saturated carbocycles. The van der Waals surface area contributed by atoms with Gasteiger partial charge < -0.3 is 5.43 Å². The monoisotopic (exact) mass is 306 g/mol. The number of anilines is 1. The summed E-state index contributed by atoms with van der Waals surface area (Å²) < 4.78 is 27.0. The van der Waals surface area contributed by atoms with E-state index >= 15 is 0 Å². The topological polar surface area (TPSA) is 97.1 Å². The van der Waals surface area contributed by atoms with Gasteiger partial charge in [0.2, 0.25) is 10.0 Å². The van der Waals surface area contributed by atoms with Crippen molar-refractivity contribution in [1.29, 1.82) is 0 Å². The predicted octanol–water partition coefficient (Wildman–Crippen LogP) is 1.41. The molecule has 2 aromatic rings. The van der Waals surface area contributed by atoms with E-state index in [4.69, 9.17) is 5.84 Å². The van der Waals surface area contributed by atoms with Crippen molar-refractivity contribution in [2.45, 2.75) is 24.8 Å². The third kappa shape index (κ3) is 3.78. The number of nitrogens with two attached hydrogens (primary N) is 1. The van der Waals surface area contributed by atoms with Gasteiger partial charge in [-0.1, -0.05) is 31.2 Å². The highest BCUT2D eigenvalue weighted by atomic mass is 32.2. The van der Waals surface area contributed by atoms with Crippen LogP contribution in [0.15, 0.2) is 47.5 Å². The smallest absolute Gasteiger partial charge is 0.242 e. The second-order valence-electron chi connectivity index (χ2n) is 4.47. The highest BCUT2D eigenvalue weighted by Crippen LogP contribution is 2.13. The molecule has 7 heteroatoms. The number of benzene rings is 1. The number of aromatic nitrogens is 1. The minimum absolute atomic E-state index is 0.107. The fourth-order valence-electron chi connectivity index (χ4n) is 1.96. The van der Waals surface area contributed by atoms with Crippen LogP contribution in [-0.2, 0) is 23.0 Å². The first-order valence-electron chi connectivity index (χ1n) is 6.56. The predicted molar refractivity (Wildman–Crippen MR) is 81.9 cm³/mol. The van der Waals surface area contributed by atoms with E-state index < -0.39 is 10.0 Å². The molecule has 0 aliphatic heterocycles. The van der Waals surface area contributed by atoms with Gasteiger partial charge in [0.05, 0.1) is 0 Å². The number of nitrogens with one attached hydrogen (secondary N) is 2. The van der Waals surface area contributed by atoms with Crippen molar-refractivity contribution < 1.29 is 8.42 Å². The maximum Gasteiger partial charge on any atom is 0.242 e. The molecule has 2 rings (SSSR count). The minimum Gasteiger partial charge on any atom is -0.308 e. The average molecular weight is 306 g/mol. The van der Waals surface area contributed by atoms with Gasteiger partial charge in [-0.25, -0.2) is 24.0 Å². The standard InChI is InChI=1S/C14H18N4O2S/c1-2-11-5-3-4-6-12(11)9-17-21(19,20)13-7-8-14(18-15)16-10-13/h3-8,10,17H,2,9,15H2,1H3,(H,16,18). The molecule has 0 unspecified atom stereocenters. The highest BCUT2D eigenvalue weighted by Gasteiger charge is 2.14. The summed E-state index contributed by atoms with van der Waals surface area (Å²) >= 11 is 0. The van der Waals surface area contributed by atoms with Gasteiger partial charge in [0.1, 0.15) is 10.7 Å². The SMILES string of the molecule is CCc1ccccc1CNS(=O)(=O)c1ccc(NN)nc1. The molecule has 4 N–H and O–H groups in total. The van der Waals surface area contributed by atoms with Gasteiger partial charge in [0.15, 0.2) is 0 Å². The van der Waals surface area contributed by atoms with Crippen molar-refractivity contribution in [2.75, 3.05) is 5.43 Å². The number of hydrazine groups is 1. The lowest BCUT2D eigenvalue weighted by atomic mass is 10.1. The first-order valence-corrected chi connectivity index (χ1v) is 8.04. The third-order valence-electron chi connectivity index (χ3n) is 3.15. The Morgan fingerprint density at radius 2 is 1.86 bits per heavy atom. The summed E-state index contributed by atoms with van der Waals surface area (Å²) in [6.45, 7) is 2.29. The van der Waals surface area contributed by atoms with E-state index in [-0.39, 0.29) is 11.4 Å². The number of nitrogens with zero attached hydrogens (tertiary/aromatic N) is 1. The molecular weight excluding hydrogens is 288 g/mol. The molecule has 0 aliphatic rings. The molecule has 1 aromatic carbocycles. The molecule has 0 fully saturated rings. The van der Waals surface area contributed by atoms with Gasteiger partial charge in [-0.2, -0.15) is 0 Å². The van der Waals surface area contributed by atoms with Gasteiger partial charge in [0.25, 0.3) is 0 Å². The molecule has 1 heterocycles. The average Bonchev–Trinajstić information content (AvgIpc) is 2.53. The largest absolute Gasteiger partial charge is 0.308 e. The zero-order valence-electron chi connectivity index (χ0n) is 11.7. The van der Waals surface area contributed by atoms with Crippen LogP contribution in [0, 0.1) is 0 Å². The third-order valence-corrected chi connectivity index (χ3v) is 4.53. The Hall–Kier alpha value is -1.96. The van der Waals surface area contributed by atoms with E-state index in [9.17, 15) is 8.42 Å². The molecule has 0 spiro atoms. The van der Waals surface area contributed by atoms with Crippen LogP contribution in [0.5, 0.6) is 0 Å². The normalized spacial score (nSPS) is 11.3. The Balaban J connectivity index is 2.13. The van der Waals surface area contributed by atoms with E-state index in [0.29, 0.717) is 5.82 Å². The summed E-state index contributed by atoms with van der Waals surface area (Å²) in [6.07, 6.45) is 2.12. The second kappa shape index (κ2) is 6.66. The van der Waals surface area contributed by atoms with Crippen LogP contribution in [0.4, 0.5) is 5.82 Å². The lowest BCUT2D eigenvalue weighted by molar-refractivity contribution is 0.580. The molecule has 0 amide bonds. The number of nitrogen functional groups attached to an aromatic ring is 1. The molecule has 0 aliphatic carbocycles. The molecule has 0 atom stereocenters. The number of hydrogen-bond acceptors (Lipinski definition) is 5. The summed E-state index contributed by atoms with van der Waals surface area (Å²) in [5.74, 6) is 5.61. The van der Waals surface area contributed by atoms with E-state index in [0.717, 1.165) is 17.5 Å².